The number of benzene rings is 1. The van der Waals surface area contributed by atoms with E-state index in [1.165, 1.54) is 18.5 Å². The van der Waals surface area contributed by atoms with E-state index < -0.39 is 15.7 Å². The molecule has 1 aliphatic rings. The molecule has 0 N–H and O–H groups in total. The fraction of sp³-hybridized carbons (Fsp3) is 0.364. The van der Waals surface area contributed by atoms with Gasteiger partial charge in [0.25, 0.3) is 0 Å². The Morgan fingerprint density at radius 2 is 2.00 bits per heavy atom. The van der Waals surface area contributed by atoms with E-state index in [2.05, 4.69) is 26.0 Å². The molecule has 12 heteroatoms. The molecule has 0 amide bonds. The lowest BCUT2D eigenvalue weighted by Crippen LogP contribution is -2.38. The van der Waals surface area contributed by atoms with E-state index in [0.29, 0.717) is 44.2 Å². The number of anilines is 1. The van der Waals surface area contributed by atoms with Crippen LogP contribution in [-0.2, 0) is 16.3 Å². The Bertz CT molecular complexity index is 1330. The molecule has 0 spiro atoms. The van der Waals surface area contributed by atoms with E-state index in [9.17, 15) is 12.8 Å². The highest BCUT2D eigenvalue weighted by molar-refractivity contribution is 7.90. The lowest BCUT2D eigenvalue weighted by Gasteiger charge is -2.30. The van der Waals surface area contributed by atoms with Crippen LogP contribution in [0.1, 0.15) is 31.2 Å². The maximum atomic E-state index is 14.4. The highest BCUT2D eigenvalue weighted by atomic mass is 32.2. The minimum absolute atomic E-state index is 0.0751. The number of rotatable bonds is 7. The average Bonchev–Trinajstić information content (AvgIpc) is 3.30. The Hall–Kier alpha value is -3.72. The molecule has 0 radical (unpaired) electrons. The Kier molecular flexibility index (Phi) is 6.65. The fourth-order valence-corrected chi connectivity index (χ4v) is 4.02. The summed E-state index contributed by atoms with van der Waals surface area (Å²) < 4.78 is 54.5. The molecule has 0 unspecified atom stereocenters. The summed E-state index contributed by atoms with van der Waals surface area (Å²) in [7, 11) is -3.56. The maximum absolute atomic E-state index is 14.4. The Balaban J connectivity index is 1.46. The Labute approximate surface area is 196 Å². The molecule has 1 saturated heterocycles. The van der Waals surface area contributed by atoms with Crippen LogP contribution in [0.3, 0.4) is 0 Å². The van der Waals surface area contributed by atoms with Crippen molar-refractivity contribution in [2.24, 2.45) is 0 Å². The van der Waals surface area contributed by atoms with Crippen LogP contribution in [0.15, 0.2) is 33.9 Å². The van der Waals surface area contributed by atoms with E-state index in [-0.39, 0.29) is 34.1 Å². The summed E-state index contributed by atoms with van der Waals surface area (Å²) in [4.78, 5) is 14.3. The summed E-state index contributed by atoms with van der Waals surface area (Å²) in [5, 5.41) is 3.92. The van der Waals surface area contributed by atoms with Crippen LogP contribution >= 0.6 is 0 Å². The third-order valence-electron chi connectivity index (χ3n) is 5.22. The van der Waals surface area contributed by atoms with Gasteiger partial charge in [0.1, 0.15) is 18.0 Å². The first-order chi connectivity index (χ1) is 16.3. The second-order valence-electron chi connectivity index (χ2n) is 7.62. The zero-order valence-electron chi connectivity index (χ0n) is 18.6. The highest BCUT2D eigenvalue weighted by Gasteiger charge is 2.26. The molecule has 34 heavy (non-hydrogen) atoms. The number of halogens is 1. The Morgan fingerprint density at radius 3 is 2.62 bits per heavy atom. The van der Waals surface area contributed by atoms with Gasteiger partial charge in [-0.2, -0.15) is 4.98 Å². The molecule has 0 aliphatic carbocycles. The second kappa shape index (κ2) is 9.64. The lowest BCUT2D eigenvalue weighted by atomic mass is 10.1. The van der Waals surface area contributed by atoms with Gasteiger partial charge in [-0.15, -0.1) is 6.42 Å². The van der Waals surface area contributed by atoms with Gasteiger partial charge in [-0.05, 0) is 18.2 Å². The molecule has 0 saturated carbocycles. The van der Waals surface area contributed by atoms with Gasteiger partial charge >= 0.3 is 6.01 Å². The summed E-state index contributed by atoms with van der Waals surface area (Å²) in [6, 6.07) is 3.80. The normalized spacial score (nSPS) is 14.6. The van der Waals surface area contributed by atoms with Crippen LogP contribution in [0, 0.1) is 18.2 Å². The molecule has 10 nitrogen and oxygen atoms in total. The van der Waals surface area contributed by atoms with Crippen molar-refractivity contribution < 1.29 is 26.8 Å². The van der Waals surface area contributed by atoms with Crippen molar-refractivity contribution in [3.8, 4) is 29.9 Å². The van der Waals surface area contributed by atoms with E-state index in [1.54, 1.807) is 0 Å². The lowest BCUT2D eigenvalue weighted by molar-refractivity contribution is 0.160. The van der Waals surface area contributed by atoms with E-state index in [4.69, 9.17) is 20.4 Å². The summed E-state index contributed by atoms with van der Waals surface area (Å²) in [5.74, 6) is 2.06. The highest BCUT2D eigenvalue weighted by Crippen LogP contribution is 2.31. The molecular weight excluding hydrogens is 465 g/mol. The Morgan fingerprint density at radius 1 is 1.26 bits per heavy atom. The van der Waals surface area contributed by atoms with Gasteiger partial charge in [-0.1, -0.05) is 18.0 Å². The number of ether oxygens (including phenoxy) is 2. The zero-order chi connectivity index (χ0) is 24.3. The largest absolute Gasteiger partial charge is 0.473 e. The molecule has 2 aromatic heterocycles. The molecule has 3 heterocycles. The molecular formula is C22H22FN5O5S. The van der Waals surface area contributed by atoms with Crippen molar-refractivity contribution in [1.29, 1.82) is 0 Å². The van der Waals surface area contributed by atoms with E-state index in [0.717, 1.165) is 12.3 Å². The van der Waals surface area contributed by atoms with Gasteiger partial charge < -0.3 is 18.9 Å². The third kappa shape index (κ3) is 5.09. The summed E-state index contributed by atoms with van der Waals surface area (Å²) in [6.07, 6.45) is 9.68. The molecule has 0 bridgehead atoms. The van der Waals surface area contributed by atoms with Crippen LogP contribution in [0.2, 0.25) is 0 Å². The number of aromatic nitrogens is 4. The fourth-order valence-electron chi connectivity index (χ4n) is 3.38. The molecule has 3 aromatic rings. The van der Waals surface area contributed by atoms with Crippen molar-refractivity contribution in [3.63, 3.8) is 0 Å². The molecule has 1 aliphatic heterocycles. The number of piperidine rings is 1. The molecule has 1 fully saturated rings. The standard InChI is InChI=1S/C22H22FN5O5S/c1-4-16-20(31-14-8-10-28(11-9-14)22-26-19(5-2)27-33-22)24-13-25-21(16)32-18-7-6-15(12-17(18)23)34(3,29)30/h1,6-7,12-14H,5,8-11H2,2-3H3. The van der Waals surface area contributed by atoms with Gasteiger partial charge in [-0.25, -0.2) is 22.8 Å². The van der Waals surface area contributed by atoms with Crippen LogP contribution in [-0.4, -0.2) is 54.0 Å². The SMILES string of the molecule is C#Cc1c(Oc2ccc(S(C)(=O)=O)cc2F)ncnc1OC1CCN(c2nc(CC)no2)CC1. The first kappa shape index (κ1) is 23.4. The van der Waals surface area contributed by atoms with Crippen molar-refractivity contribution in [2.75, 3.05) is 24.2 Å². The quantitative estimate of drug-likeness (QED) is 0.460. The second-order valence-corrected chi connectivity index (χ2v) is 9.64. The van der Waals surface area contributed by atoms with Crippen molar-refractivity contribution in [3.05, 3.63) is 41.7 Å². The van der Waals surface area contributed by atoms with Gasteiger partial charge in [0.2, 0.25) is 11.8 Å². The van der Waals surface area contributed by atoms with Gasteiger partial charge in [-0.3, -0.25) is 0 Å². The average molecular weight is 488 g/mol. The number of nitrogens with zero attached hydrogens (tertiary/aromatic N) is 5. The third-order valence-corrected chi connectivity index (χ3v) is 6.33. The summed E-state index contributed by atoms with van der Waals surface area (Å²) >= 11 is 0. The van der Waals surface area contributed by atoms with Crippen LogP contribution in [0.4, 0.5) is 10.4 Å². The molecule has 0 atom stereocenters. The van der Waals surface area contributed by atoms with E-state index >= 15 is 0 Å². The van der Waals surface area contributed by atoms with Crippen LogP contribution < -0.4 is 14.4 Å². The summed E-state index contributed by atoms with van der Waals surface area (Å²) in [6.45, 7) is 3.25. The monoisotopic (exact) mass is 487 g/mol. The molecule has 178 valence electrons. The van der Waals surface area contributed by atoms with Gasteiger partial charge in [0.05, 0.1) is 4.90 Å². The van der Waals surface area contributed by atoms with Crippen molar-refractivity contribution >= 4 is 15.9 Å². The van der Waals surface area contributed by atoms with Crippen LogP contribution in [0.5, 0.6) is 17.5 Å². The molecule has 4 rings (SSSR count). The zero-order valence-corrected chi connectivity index (χ0v) is 19.4. The minimum Gasteiger partial charge on any atom is -0.473 e. The predicted molar refractivity (Wildman–Crippen MR) is 119 cm³/mol. The predicted octanol–water partition coefficient (Wildman–Crippen LogP) is 2.79. The minimum atomic E-state index is -3.56. The van der Waals surface area contributed by atoms with Gasteiger partial charge in [0.15, 0.2) is 27.2 Å². The summed E-state index contributed by atoms with van der Waals surface area (Å²) in [5.41, 5.74) is 0.126. The smallest absolute Gasteiger partial charge is 0.324 e. The number of aryl methyl sites for hydroxylation is 1. The first-order valence-electron chi connectivity index (χ1n) is 10.5. The number of sulfone groups is 1. The van der Waals surface area contributed by atoms with Gasteiger partial charge in [0, 0.05) is 38.6 Å². The van der Waals surface area contributed by atoms with E-state index in [1.807, 2.05) is 11.8 Å². The molecule has 1 aromatic carbocycles. The topological polar surface area (TPSA) is 121 Å². The number of hydrogen-bond donors (Lipinski definition) is 0. The van der Waals surface area contributed by atoms with Crippen molar-refractivity contribution in [2.45, 2.75) is 37.2 Å². The first-order valence-corrected chi connectivity index (χ1v) is 12.4. The van der Waals surface area contributed by atoms with Crippen LogP contribution in [0.25, 0.3) is 0 Å². The number of terminal acetylenes is 1. The number of hydrogen-bond acceptors (Lipinski definition) is 10. The van der Waals surface area contributed by atoms with Crippen molar-refractivity contribution in [1.82, 2.24) is 20.1 Å². The maximum Gasteiger partial charge on any atom is 0.324 e.